The normalized spacial score (nSPS) is 15.5. The van der Waals surface area contributed by atoms with Crippen molar-refractivity contribution >= 4 is 23.2 Å². The maximum absolute atomic E-state index is 12.0. The van der Waals surface area contributed by atoms with Crippen molar-refractivity contribution in [2.24, 2.45) is 0 Å². The molecule has 1 aromatic carbocycles. The van der Waals surface area contributed by atoms with E-state index in [2.05, 4.69) is 5.32 Å². The number of quaternary nitrogens is 1. The number of rotatable bonds is 6. The first-order valence-corrected chi connectivity index (χ1v) is 8.01. The number of hydrogen-bond acceptors (Lipinski definition) is 3. The average molecular weight is 327 g/mol. The highest BCUT2D eigenvalue weighted by Crippen LogP contribution is 2.24. The van der Waals surface area contributed by atoms with Crippen LogP contribution in [0.25, 0.3) is 0 Å². The number of nitro benzene ring substituents is 1. The summed E-state index contributed by atoms with van der Waals surface area (Å²) in [7, 11) is 0. The van der Waals surface area contributed by atoms with E-state index in [1.807, 2.05) is 0 Å². The molecule has 1 aliphatic rings. The van der Waals surface area contributed by atoms with Crippen molar-refractivity contribution in [3.8, 4) is 0 Å². The first-order valence-electron chi connectivity index (χ1n) is 7.63. The van der Waals surface area contributed by atoms with Crippen molar-refractivity contribution < 1.29 is 14.6 Å². The third kappa shape index (κ3) is 4.68. The van der Waals surface area contributed by atoms with Crippen LogP contribution in [-0.2, 0) is 0 Å². The van der Waals surface area contributed by atoms with Gasteiger partial charge in [0, 0.05) is 24.6 Å². The monoisotopic (exact) mass is 326 g/mol. The Bertz CT molecular complexity index is 545. The molecule has 0 bridgehead atoms. The zero-order valence-corrected chi connectivity index (χ0v) is 13.2. The van der Waals surface area contributed by atoms with E-state index in [0.717, 1.165) is 13.0 Å². The molecular weight excluding hydrogens is 306 g/mol. The lowest BCUT2D eigenvalue weighted by Gasteiger charge is -2.23. The minimum atomic E-state index is -0.584. The fourth-order valence-corrected chi connectivity index (χ4v) is 2.92. The molecule has 0 aliphatic carbocycles. The lowest BCUT2D eigenvalue weighted by atomic mass is 10.1. The van der Waals surface area contributed by atoms with Crippen molar-refractivity contribution in [2.45, 2.75) is 25.7 Å². The van der Waals surface area contributed by atoms with Gasteiger partial charge in [0.25, 0.3) is 11.6 Å². The van der Waals surface area contributed by atoms with E-state index in [0.29, 0.717) is 6.54 Å². The molecule has 1 saturated heterocycles. The quantitative estimate of drug-likeness (QED) is 0.472. The maximum atomic E-state index is 12.0. The van der Waals surface area contributed by atoms with E-state index in [1.165, 1.54) is 50.6 Å². The van der Waals surface area contributed by atoms with Crippen LogP contribution >= 0.6 is 11.6 Å². The first kappa shape index (κ1) is 16.7. The number of hydrogen-bond donors (Lipinski definition) is 2. The number of carbonyl (C=O) groups is 1. The molecule has 1 aliphatic heterocycles. The second-order valence-electron chi connectivity index (χ2n) is 5.59. The van der Waals surface area contributed by atoms with E-state index in [9.17, 15) is 14.9 Å². The number of nitrogens with one attached hydrogen (secondary N) is 2. The Morgan fingerprint density at radius 2 is 2.05 bits per heavy atom. The van der Waals surface area contributed by atoms with Gasteiger partial charge in [-0.25, -0.2) is 0 Å². The van der Waals surface area contributed by atoms with Crippen LogP contribution in [0.4, 0.5) is 5.69 Å². The highest BCUT2D eigenvalue weighted by Gasteiger charge is 2.16. The number of nitro groups is 1. The van der Waals surface area contributed by atoms with Gasteiger partial charge in [-0.15, -0.1) is 0 Å². The fraction of sp³-hybridized carbons (Fsp3) is 0.533. The highest BCUT2D eigenvalue weighted by molar-refractivity contribution is 6.32. The Labute approximate surface area is 134 Å². The van der Waals surface area contributed by atoms with E-state index in [-0.39, 0.29) is 22.2 Å². The molecule has 120 valence electrons. The van der Waals surface area contributed by atoms with E-state index >= 15 is 0 Å². The summed E-state index contributed by atoms with van der Waals surface area (Å²) in [5, 5.41) is 13.7. The Morgan fingerprint density at radius 3 is 2.73 bits per heavy atom. The molecular formula is C15H21ClN3O3+. The van der Waals surface area contributed by atoms with Gasteiger partial charge in [0.15, 0.2) is 0 Å². The number of benzene rings is 1. The zero-order chi connectivity index (χ0) is 15.9. The van der Waals surface area contributed by atoms with E-state index in [1.54, 1.807) is 4.90 Å². The number of halogens is 1. The van der Waals surface area contributed by atoms with Gasteiger partial charge >= 0.3 is 0 Å². The third-order valence-electron chi connectivity index (χ3n) is 3.96. The summed E-state index contributed by atoms with van der Waals surface area (Å²) in [4.78, 5) is 23.8. The molecule has 0 aromatic heterocycles. The van der Waals surface area contributed by atoms with Gasteiger partial charge in [-0.1, -0.05) is 11.6 Å². The van der Waals surface area contributed by atoms with Gasteiger partial charge in [0.2, 0.25) is 0 Å². The molecule has 2 rings (SSSR count). The number of nitrogens with zero attached hydrogens (tertiary/aromatic N) is 1. The second-order valence-corrected chi connectivity index (χ2v) is 6.00. The largest absolute Gasteiger partial charge is 0.352 e. The van der Waals surface area contributed by atoms with Crippen LogP contribution in [-0.4, -0.2) is 37.0 Å². The summed E-state index contributed by atoms with van der Waals surface area (Å²) in [6.45, 7) is 4.08. The van der Waals surface area contributed by atoms with Gasteiger partial charge < -0.3 is 10.2 Å². The van der Waals surface area contributed by atoms with Crippen LogP contribution in [0.5, 0.6) is 0 Å². The van der Waals surface area contributed by atoms with Crippen molar-refractivity contribution in [1.82, 2.24) is 5.32 Å². The van der Waals surface area contributed by atoms with E-state index < -0.39 is 4.92 Å². The maximum Gasteiger partial charge on any atom is 0.288 e. The van der Waals surface area contributed by atoms with E-state index in [4.69, 9.17) is 11.6 Å². The van der Waals surface area contributed by atoms with Crippen molar-refractivity contribution in [3.63, 3.8) is 0 Å². The Morgan fingerprint density at radius 1 is 1.32 bits per heavy atom. The van der Waals surface area contributed by atoms with Crippen molar-refractivity contribution in [1.29, 1.82) is 0 Å². The molecule has 1 fully saturated rings. The van der Waals surface area contributed by atoms with Crippen LogP contribution < -0.4 is 10.2 Å². The summed E-state index contributed by atoms with van der Waals surface area (Å²) in [5.41, 5.74) is 0.0218. The highest BCUT2D eigenvalue weighted by atomic mass is 35.5. The lowest BCUT2D eigenvalue weighted by Crippen LogP contribution is -3.12. The van der Waals surface area contributed by atoms with Gasteiger partial charge in [-0.2, -0.15) is 0 Å². The SMILES string of the molecule is O=C(NCCC[NH+]1CCCCC1)c1ccc(Cl)c([N+](=O)[O-])c1. The molecule has 0 unspecified atom stereocenters. The number of amides is 1. The molecule has 0 radical (unpaired) electrons. The van der Waals surface area contributed by atoms with Gasteiger partial charge in [0.05, 0.1) is 24.6 Å². The molecule has 1 amide bonds. The summed E-state index contributed by atoms with van der Waals surface area (Å²) in [6.07, 6.45) is 4.82. The Hall–Kier alpha value is -1.66. The van der Waals surface area contributed by atoms with Gasteiger partial charge in [-0.05, 0) is 31.4 Å². The predicted octanol–water partition coefficient (Wildman–Crippen LogP) is 1.44. The van der Waals surface area contributed by atoms with Crippen LogP contribution in [0.15, 0.2) is 18.2 Å². The molecule has 2 N–H and O–H groups in total. The Balaban J connectivity index is 1.79. The third-order valence-corrected chi connectivity index (χ3v) is 4.28. The molecule has 22 heavy (non-hydrogen) atoms. The molecule has 0 atom stereocenters. The first-order chi connectivity index (χ1) is 10.6. The topological polar surface area (TPSA) is 76.7 Å². The zero-order valence-electron chi connectivity index (χ0n) is 12.4. The second kappa shape index (κ2) is 8.10. The Kier molecular flexibility index (Phi) is 6.15. The standard InChI is InChI=1S/C15H20ClN3O3/c16-13-6-5-12(11-14(13)19(21)22)15(20)17-7-4-10-18-8-2-1-3-9-18/h5-6,11H,1-4,7-10H2,(H,17,20)/p+1. The average Bonchev–Trinajstić information content (AvgIpc) is 2.52. The summed E-state index contributed by atoms with van der Waals surface area (Å²) >= 11 is 5.73. The van der Waals surface area contributed by atoms with Crippen LogP contribution in [0.3, 0.4) is 0 Å². The fourth-order valence-electron chi connectivity index (χ4n) is 2.74. The minimum Gasteiger partial charge on any atom is -0.352 e. The summed E-state index contributed by atoms with van der Waals surface area (Å²) in [6, 6.07) is 4.10. The van der Waals surface area contributed by atoms with Crippen molar-refractivity contribution in [2.75, 3.05) is 26.2 Å². The van der Waals surface area contributed by atoms with Crippen LogP contribution in [0, 0.1) is 10.1 Å². The predicted molar refractivity (Wildman–Crippen MR) is 84.5 cm³/mol. The number of piperidine rings is 1. The molecule has 0 spiro atoms. The lowest BCUT2D eigenvalue weighted by molar-refractivity contribution is -0.904. The van der Waals surface area contributed by atoms with Crippen LogP contribution in [0.2, 0.25) is 5.02 Å². The van der Waals surface area contributed by atoms with Gasteiger partial charge in [-0.3, -0.25) is 14.9 Å². The summed E-state index contributed by atoms with van der Waals surface area (Å²) < 4.78 is 0. The van der Waals surface area contributed by atoms with Crippen molar-refractivity contribution in [3.05, 3.63) is 38.9 Å². The molecule has 6 nitrogen and oxygen atoms in total. The summed E-state index contributed by atoms with van der Waals surface area (Å²) in [5.74, 6) is -0.298. The van der Waals surface area contributed by atoms with Gasteiger partial charge in [0.1, 0.15) is 5.02 Å². The molecule has 1 aromatic rings. The minimum absolute atomic E-state index is 0.0373. The number of carbonyl (C=O) groups excluding carboxylic acids is 1. The molecule has 0 saturated carbocycles. The smallest absolute Gasteiger partial charge is 0.288 e. The van der Waals surface area contributed by atoms with Crippen LogP contribution in [0.1, 0.15) is 36.0 Å². The molecule has 1 heterocycles. The molecule has 7 heteroatoms. The number of likely N-dealkylation sites (tertiary alicyclic amines) is 1.